The molecular formula is C8H14N4O. The van der Waals surface area contributed by atoms with E-state index in [4.69, 9.17) is 5.73 Å². The zero-order chi connectivity index (χ0) is 9.68. The summed E-state index contributed by atoms with van der Waals surface area (Å²) in [6.45, 7) is 2.50. The smallest absolute Gasteiger partial charge is 0.254 e. The van der Waals surface area contributed by atoms with Crippen LogP contribution in [0.15, 0.2) is 12.4 Å². The van der Waals surface area contributed by atoms with Gasteiger partial charge in [0.1, 0.15) is 0 Å². The third kappa shape index (κ3) is 2.87. The first-order chi connectivity index (χ1) is 6.24. The van der Waals surface area contributed by atoms with E-state index in [0.717, 1.165) is 6.42 Å². The van der Waals surface area contributed by atoms with Gasteiger partial charge in [-0.1, -0.05) is 0 Å². The molecule has 1 aromatic heterocycles. The number of hydrogen-bond donors (Lipinski definition) is 3. The molecule has 1 unspecified atom stereocenters. The summed E-state index contributed by atoms with van der Waals surface area (Å²) in [5, 5.41) is 9.07. The predicted molar refractivity (Wildman–Crippen MR) is 49.2 cm³/mol. The second kappa shape index (κ2) is 4.61. The topological polar surface area (TPSA) is 83.8 Å². The van der Waals surface area contributed by atoms with Gasteiger partial charge in [0.25, 0.3) is 5.91 Å². The molecule has 72 valence electrons. The Morgan fingerprint density at radius 2 is 2.62 bits per heavy atom. The summed E-state index contributed by atoms with van der Waals surface area (Å²) in [5.41, 5.74) is 5.90. The second-order valence-electron chi connectivity index (χ2n) is 2.94. The van der Waals surface area contributed by atoms with Crippen LogP contribution < -0.4 is 11.1 Å². The van der Waals surface area contributed by atoms with E-state index in [1.54, 1.807) is 6.20 Å². The van der Waals surface area contributed by atoms with Crippen molar-refractivity contribution in [2.45, 2.75) is 19.4 Å². The monoisotopic (exact) mass is 182 g/mol. The molecule has 4 N–H and O–H groups in total. The summed E-state index contributed by atoms with van der Waals surface area (Å²) >= 11 is 0. The minimum Gasteiger partial charge on any atom is -0.349 e. The molecule has 1 aromatic rings. The molecule has 0 radical (unpaired) electrons. The quantitative estimate of drug-likeness (QED) is 0.606. The van der Waals surface area contributed by atoms with Gasteiger partial charge in [-0.05, 0) is 19.9 Å². The van der Waals surface area contributed by atoms with Crippen molar-refractivity contribution in [2.75, 3.05) is 6.54 Å². The number of rotatable bonds is 4. The number of H-pyrrole nitrogens is 1. The van der Waals surface area contributed by atoms with E-state index in [1.807, 2.05) is 6.92 Å². The van der Waals surface area contributed by atoms with Crippen molar-refractivity contribution in [2.24, 2.45) is 5.73 Å². The van der Waals surface area contributed by atoms with Crippen LogP contribution in [0.3, 0.4) is 0 Å². The number of amides is 1. The van der Waals surface area contributed by atoms with Crippen LogP contribution in [0.2, 0.25) is 0 Å². The average Bonchev–Trinajstić information content (AvgIpc) is 2.55. The van der Waals surface area contributed by atoms with Crippen molar-refractivity contribution >= 4 is 5.91 Å². The summed E-state index contributed by atoms with van der Waals surface area (Å²) in [7, 11) is 0. The Kier molecular flexibility index (Phi) is 3.45. The average molecular weight is 182 g/mol. The molecule has 0 spiro atoms. The Morgan fingerprint density at radius 1 is 1.85 bits per heavy atom. The summed E-state index contributed by atoms with van der Waals surface area (Å²) in [6.07, 6.45) is 3.83. The highest BCUT2D eigenvalue weighted by atomic mass is 16.1. The highest BCUT2D eigenvalue weighted by Crippen LogP contribution is 1.95. The molecule has 0 aliphatic carbocycles. The van der Waals surface area contributed by atoms with E-state index in [2.05, 4.69) is 15.5 Å². The van der Waals surface area contributed by atoms with E-state index in [1.165, 1.54) is 6.20 Å². The largest absolute Gasteiger partial charge is 0.349 e. The molecule has 1 amide bonds. The lowest BCUT2D eigenvalue weighted by atomic mass is 10.2. The van der Waals surface area contributed by atoms with Crippen molar-refractivity contribution < 1.29 is 4.79 Å². The molecule has 0 aliphatic rings. The van der Waals surface area contributed by atoms with Gasteiger partial charge in [-0.15, -0.1) is 0 Å². The van der Waals surface area contributed by atoms with Crippen LogP contribution in [0.25, 0.3) is 0 Å². The molecule has 1 heterocycles. The molecular weight excluding hydrogens is 168 g/mol. The number of carbonyl (C=O) groups excluding carboxylic acids is 1. The molecule has 1 atom stereocenters. The second-order valence-corrected chi connectivity index (χ2v) is 2.94. The lowest BCUT2D eigenvalue weighted by Crippen LogP contribution is -2.33. The van der Waals surface area contributed by atoms with Crippen LogP contribution in [0.5, 0.6) is 0 Å². The van der Waals surface area contributed by atoms with Gasteiger partial charge in [-0.25, -0.2) is 0 Å². The maximum Gasteiger partial charge on any atom is 0.254 e. The van der Waals surface area contributed by atoms with Gasteiger partial charge in [-0.2, -0.15) is 5.10 Å². The lowest BCUT2D eigenvalue weighted by Gasteiger charge is -2.11. The van der Waals surface area contributed by atoms with Gasteiger partial charge in [0.2, 0.25) is 0 Å². The minimum absolute atomic E-state index is 0.104. The van der Waals surface area contributed by atoms with E-state index < -0.39 is 0 Å². The van der Waals surface area contributed by atoms with E-state index >= 15 is 0 Å². The summed E-state index contributed by atoms with van der Waals surface area (Å²) in [4.78, 5) is 11.4. The summed E-state index contributed by atoms with van der Waals surface area (Å²) < 4.78 is 0. The van der Waals surface area contributed by atoms with Crippen LogP contribution >= 0.6 is 0 Å². The molecule has 0 aliphatic heterocycles. The number of hydrogen-bond acceptors (Lipinski definition) is 3. The molecule has 5 nitrogen and oxygen atoms in total. The van der Waals surface area contributed by atoms with Crippen LogP contribution in [-0.4, -0.2) is 28.7 Å². The maximum absolute atomic E-state index is 11.4. The number of nitrogens with zero attached hydrogens (tertiary/aromatic N) is 1. The molecule has 0 aromatic carbocycles. The molecule has 1 rings (SSSR count). The zero-order valence-electron chi connectivity index (χ0n) is 7.58. The molecule has 5 heteroatoms. The Balaban J connectivity index is 2.42. The first-order valence-corrected chi connectivity index (χ1v) is 4.23. The molecule has 0 saturated carbocycles. The fourth-order valence-corrected chi connectivity index (χ4v) is 1.00. The van der Waals surface area contributed by atoms with Crippen molar-refractivity contribution in [1.82, 2.24) is 15.5 Å². The van der Waals surface area contributed by atoms with E-state index in [9.17, 15) is 4.79 Å². The summed E-state index contributed by atoms with van der Waals surface area (Å²) in [6, 6.07) is 0.104. The van der Waals surface area contributed by atoms with Crippen LogP contribution in [0.4, 0.5) is 0 Å². The predicted octanol–water partition coefficient (Wildman–Crippen LogP) is -0.123. The Bertz CT molecular complexity index is 257. The van der Waals surface area contributed by atoms with Crippen molar-refractivity contribution in [1.29, 1.82) is 0 Å². The molecule has 0 fully saturated rings. The maximum atomic E-state index is 11.4. The SMILES string of the molecule is CC(CCN)NC(=O)c1cn[nH]c1. The van der Waals surface area contributed by atoms with Crippen LogP contribution in [0, 0.1) is 0 Å². The molecule has 0 bridgehead atoms. The van der Waals surface area contributed by atoms with Crippen molar-refractivity contribution in [3.8, 4) is 0 Å². The molecule has 0 saturated heterocycles. The first-order valence-electron chi connectivity index (χ1n) is 4.23. The van der Waals surface area contributed by atoms with E-state index in [-0.39, 0.29) is 11.9 Å². The number of aromatic nitrogens is 2. The van der Waals surface area contributed by atoms with Crippen molar-refractivity contribution in [3.63, 3.8) is 0 Å². The fourth-order valence-electron chi connectivity index (χ4n) is 1.00. The summed E-state index contributed by atoms with van der Waals surface area (Å²) in [5.74, 6) is -0.116. The Hall–Kier alpha value is -1.36. The number of carbonyl (C=O) groups is 1. The first kappa shape index (κ1) is 9.73. The van der Waals surface area contributed by atoms with Gasteiger partial charge < -0.3 is 11.1 Å². The lowest BCUT2D eigenvalue weighted by molar-refractivity contribution is 0.0939. The highest BCUT2D eigenvalue weighted by molar-refractivity contribution is 5.93. The van der Waals surface area contributed by atoms with Crippen molar-refractivity contribution in [3.05, 3.63) is 18.0 Å². The van der Waals surface area contributed by atoms with Gasteiger partial charge in [-0.3, -0.25) is 9.89 Å². The van der Waals surface area contributed by atoms with Gasteiger partial charge in [0.05, 0.1) is 11.8 Å². The van der Waals surface area contributed by atoms with Gasteiger partial charge in [0.15, 0.2) is 0 Å². The Labute approximate surface area is 76.7 Å². The van der Waals surface area contributed by atoms with E-state index in [0.29, 0.717) is 12.1 Å². The number of aromatic amines is 1. The highest BCUT2D eigenvalue weighted by Gasteiger charge is 2.09. The third-order valence-corrected chi connectivity index (χ3v) is 1.74. The minimum atomic E-state index is -0.116. The van der Waals surface area contributed by atoms with Gasteiger partial charge >= 0.3 is 0 Å². The molecule has 13 heavy (non-hydrogen) atoms. The standard InChI is InChI=1S/C8H14N4O/c1-6(2-3-9)12-8(13)7-4-10-11-5-7/h4-6H,2-3,9H2,1H3,(H,10,11)(H,12,13). The number of nitrogens with two attached hydrogens (primary N) is 1. The number of nitrogens with one attached hydrogen (secondary N) is 2. The van der Waals surface area contributed by atoms with Crippen LogP contribution in [-0.2, 0) is 0 Å². The van der Waals surface area contributed by atoms with Gasteiger partial charge in [0, 0.05) is 12.2 Å². The zero-order valence-corrected chi connectivity index (χ0v) is 7.58. The Morgan fingerprint density at radius 3 is 3.15 bits per heavy atom. The normalized spacial score (nSPS) is 12.5. The third-order valence-electron chi connectivity index (χ3n) is 1.74. The van der Waals surface area contributed by atoms with Crippen LogP contribution in [0.1, 0.15) is 23.7 Å². The fraction of sp³-hybridized carbons (Fsp3) is 0.500.